The van der Waals surface area contributed by atoms with Crippen LogP contribution in [0.25, 0.3) is 0 Å². The van der Waals surface area contributed by atoms with E-state index in [1.807, 2.05) is 0 Å². The maximum atomic E-state index is 13.0. The van der Waals surface area contributed by atoms with Crippen LogP contribution in [0.5, 0.6) is 0 Å². The molecule has 0 radical (unpaired) electrons. The highest BCUT2D eigenvalue weighted by atomic mass is 31.2. The summed E-state index contributed by atoms with van der Waals surface area (Å²) in [5, 5.41) is 41.3. The first kappa shape index (κ1) is 61.5. The zero-order valence-electron chi connectivity index (χ0n) is 39.7. The molecule has 0 bridgehead atoms. The summed E-state index contributed by atoms with van der Waals surface area (Å²) in [6.45, 7) is 3.09. The van der Waals surface area contributed by atoms with Crippen LogP contribution in [0.4, 0.5) is 0 Å². The van der Waals surface area contributed by atoms with Gasteiger partial charge in [-0.1, -0.05) is 173 Å². The number of carbonyl (C=O) groups excluding carboxylic acids is 2. The smallest absolute Gasteiger partial charge is 0.462 e. The second-order valence-electron chi connectivity index (χ2n) is 17.5. The van der Waals surface area contributed by atoms with E-state index in [9.17, 15) is 53.8 Å². The van der Waals surface area contributed by atoms with Crippen LogP contribution in [0.15, 0.2) is 24.3 Å². The quantitative estimate of drug-likeness (QED) is 0.0130. The highest BCUT2D eigenvalue weighted by molar-refractivity contribution is 7.47. The first-order chi connectivity index (χ1) is 31.1. The monoisotopic (exact) mass is 971 g/mol. The van der Waals surface area contributed by atoms with Gasteiger partial charge in [-0.2, -0.15) is 0 Å². The second kappa shape index (κ2) is 38.3. The molecule has 0 amide bonds. The number of allylic oxidation sites excluding steroid dienone is 4. The molecule has 1 aliphatic carbocycles. The summed E-state index contributed by atoms with van der Waals surface area (Å²) >= 11 is 0. The van der Waals surface area contributed by atoms with Crippen molar-refractivity contribution in [1.82, 2.24) is 0 Å². The van der Waals surface area contributed by atoms with Gasteiger partial charge < -0.3 is 44.6 Å². The fourth-order valence-corrected chi connectivity index (χ4v) is 9.18. The predicted octanol–water partition coefficient (Wildman–Crippen LogP) is 9.73. The normalized spacial score (nSPS) is 21.8. The molecule has 0 aromatic heterocycles. The average Bonchev–Trinajstić information content (AvgIpc) is 3.26. The highest BCUT2D eigenvalue weighted by Gasteiger charge is 2.54. The number of phosphoric ester groups is 2. The van der Waals surface area contributed by atoms with Crippen molar-refractivity contribution in [2.24, 2.45) is 0 Å². The number of aliphatic hydroxyl groups excluding tert-OH is 4. The summed E-state index contributed by atoms with van der Waals surface area (Å²) in [5.74, 6) is -1.21. The Labute approximate surface area is 390 Å². The standard InChI is InChI=1S/C47H88O16P2/c1-3-5-7-9-11-13-15-17-19-20-22-23-25-27-29-31-33-35-40(48)59-37-39(61-41(49)36-34-32-30-28-26-24-21-18-16-14-12-10-8-6-4-2)38-60-65(57,58)63-47-44(52)42(50)43(51)46(45(47)53)62-64(54,55)56/h12,14,18,21,39,42-47,50-53H,3-11,13,15-17,19-20,22-38H2,1-2H3,(H,57,58)(H2,54,55,56)/b14-12-,21-18-/t39-,42?,43?,44?,45?,46-,47+/m1/s1. The number of hydrogen-bond acceptors (Lipinski definition) is 13. The van der Waals surface area contributed by atoms with E-state index in [1.54, 1.807) is 0 Å². The summed E-state index contributed by atoms with van der Waals surface area (Å²) in [5.41, 5.74) is 0. The van der Waals surface area contributed by atoms with Crippen LogP contribution < -0.4 is 0 Å². The Hall–Kier alpha value is -1.52. The molecule has 7 N–H and O–H groups in total. The summed E-state index contributed by atoms with van der Waals surface area (Å²) < 4.78 is 49.4. The van der Waals surface area contributed by atoms with Gasteiger partial charge in [-0.05, 0) is 44.9 Å². The molecule has 0 aromatic carbocycles. The second-order valence-corrected chi connectivity index (χ2v) is 20.1. The SMILES string of the molecule is CCCCC/C=C\C/C=C\CCCCCCCC(=O)O[C@H](COC(=O)CCCCCCCCCCCCCCCCCCC)COP(=O)(O)O[C@H]1C(O)C(O)C(O)[C@@H](OP(=O)(O)O)C1O. The zero-order chi connectivity index (χ0) is 48.2. The number of hydrogen-bond donors (Lipinski definition) is 7. The van der Waals surface area contributed by atoms with Gasteiger partial charge in [-0.25, -0.2) is 9.13 Å². The molecular weight excluding hydrogens is 882 g/mol. The Morgan fingerprint density at radius 3 is 1.37 bits per heavy atom. The number of esters is 2. The Balaban J connectivity index is 2.56. The maximum absolute atomic E-state index is 13.0. The van der Waals surface area contributed by atoms with Gasteiger partial charge in [0.15, 0.2) is 6.10 Å². The summed E-state index contributed by atoms with van der Waals surface area (Å²) in [7, 11) is -10.7. The number of carbonyl (C=O) groups is 2. The first-order valence-electron chi connectivity index (χ1n) is 24.9. The van der Waals surface area contributed by atoms with E-state index in [2.05, 4.69) is 42.7 Å². The van der Waals surface area contributed by atoms with Crippen molar-refractivity contribution in [3.05, 3.63) is 24.3 Å². The largest absolute Gasteiger partial charge is 0.472 e. The molecule has 1 rings (SSSR count). The predicted molar refractivity (Wildman–Crippen MR) is 251 cm³/mol. The van der Waals surface area contributed by atoms with Crippen molar-refractivity contribution in [1.29, 1.82) is 0 Å². The molecule has 8 atom stereocenters. The molecule has 1 saturated carbocycles. The molecule has 0 aliphatic heterocycles. The number of unbranched alkanes of at least 4 members (excludes halogenated alkanes) is 24. The summed E-state index contributed by atoms with van der Waals surface area (Å²) in [4.78, 5) is 54.3. The van der Waals surface area contributed by atoms with Crippen molar-refractivity contribution in [2.45, 2.75) is 249 Å². The maximum Gasteiger partial charge on any atom is 0.472 e. The van der Waals surface area contributed by atoms with Crippen molar-refractivity contribution in [2.75, 3.05) is 13.2 Å². The number of ether oxygens (including phenoxy) is 2. The van der Waals surface area contributed by atoms with Crippen molar-refractivity contribution >= 4 is 27.6 Å². The third kappa shape index (κ3) is 32.8. The van der Waals surface area contributed by atoms with Gasteiger partial charge in [0.05, 0.1) is 6.61 Å². The lowest BCUT2D eigenvalue weighted by atomic mass is 9.85. The lowest BCUT2D eigenvalue weighted by Gasteiger charge is -2.43. The Kier molecular flexibility index (Phi) is 36.3. The summed E-state index contributed by atoms with van der Waals surface area (Å²) in [6.07, 6.45) is 25.6. The van der Waals surface area contributed by atoms with Crippen molar-refractivity contribution in [3.8, 4) is 0 Å². The minimum atomic E-state index is -5.36. The van der Waals surface area contributed by atoms with Crippen LogP contribution in [0.3, 0.4) is 0 Å². The van der Waals surface area contributed by atoms with E-state index in [1.165, 1.54) is 96.3 Å². The molecule has 16 nitrogen and oxygen atoms in total. The van der Waals surface area contributed by atoms with Gasteiger partial charge in [0.2, 0.25) is 0 Å². The van der Waals surface area contributed by atoms with Gasteiger partial charge in [0.1, 0.15) is 43.2 Å². The fraction of sp³-hybridized carbons (Fsp3) is 0.872. The van der Waals surface area contributed by atoms with Gasteiger partial charge in [-0.15, -0.1) is 0 Å². The lowest BCUT2D eigenvalue weighted by Crippen LogP contribution is -2.64. The zero-order valence-corrected chi connectivity index (χ0v) is 41.5. The van der Waals surface area contributed by atoms with E-state index in [4.69, 9.17) is 18.5 Å². The molecule has 0 heterocycles. The minimum absolute atomic E-state index is 0.0309. The molecule has 5 unspecified atom stereocenters. The molecule has 18 heteroatoms. The Morgan fingerprint density at radius 2 is 0.892 bits per heavy atom. The number of rotatable bonds is 42. The van der Waals surface area contributed by atoms with Crippen LogP contribution >= 0.6 is 15.6 Å². The van der Waals surface area contributed by atoms with Crippen LogP contribution in [-0.2, 0) is 41.8 Å². The van der Waals surface area contributed by atoms with E-state index in [0.717, 1.165) is 70.6 Å². The lowest BCUT2D eigenvalue weighted by molar-refractivity contribution is -0.216. The van der Waals surface area contributed by atoms with Crippen molar-refractivity contribution < 1.29 is 76.9 Å². The third-order valence-electron chi connectivity index (χ3n) is 11.5. The molecule has 0 spiro atoms. The first-order valence-corrected chi connectivity index (χ1v) is 27.9. The molecule has 0 saturated heterocycles. The van der Waals surface area contributed by atoms with Gasteiger partial charge >= 0.3 is 27.6 Å². The van der Waals surface area contributed by atoms with Crippen molar-refractivity contribution in [3.63, 3.8) is 0 Å². The number of aliphatic hydroxyl groups is 4. The molecule has 1 fully saturated rings. The highest BCUT2D eigenvalue weighted by Crippen LogP contribution is 2.49. The van der Waals surface area contributed by atoms with Gasteiger partial charge in [-0.3, -0.25) is 23.2 Å². The van der Waals surface area contributed by atoms with Crippen LogP contribution in [0.2, 0.25) is 0 Å². The molecular formula is C47H88O16P2. The van der Waals surface area contributed by atoms with Crippen LogP contribution in [0.1, 0.15) is 206 Å². The minimum Gasteiger partial charge on any atom is -0.462 e. The molecule has 1 aliphatic rings. The van der Waals surface area contributed by atoms with E-state index < -0.39 is 83.5 Å². The fourth-order valence-electron chi connectivity index (χ4n) is 7.65. The third-order valence-corrected chi connectivity index (χ3v) is 13.0. The molecule has 0 aromatic rings. The van der Waals surface area contributed by atoms with Gasteiger partial charge in [0, 0.05) is 12.8 Å². The molecule has 382 valence electrons. The van der Waals surface area contributed by atoms with E-state index in [-0.39, 0.29) is 12.8 Å². The average molecular weight is 971 g/mol. The Morgan fingerprint density at radius 1 is 0.492 bits per heavy atom. The van der Waals surface area contributed by atoms with E-state index >= 15 is 0 Å². The summed E-state index contributed by atoms with van der Waals surface area (Å²) in [6, 6.07) is 0. The van der Waals surface area contributed by atoms with Crippen LogP contribution in [0, 0.1) is 0 Å². The number of phosphoric acid groups is 2. The van der Waals surface area contributed by atoms with E-state index in [0.29, 0.717) is 12.8 Å². The Bertz CT molecular complexity index is 1360. The van der Waals surface area contributed by atoms with Gasteiger partial charge in [0.25, 0.3) is 0 Å². The van der Waals surface area contributed by atoms with Crippen LogP contribution in [-0.4, -0.2) is 103 Å². The molecule has 65 heavy (non-hydrogen) atoms. The topological polar surface area (TPSA) is 256 Å².